The van der Waals surface area contributed by atoms with Crippen molar-refractivity contribution in [3.8, 4) is 0 Å². The summed E-state index contributed by atoms with van der Waals surface area (Å²) in [6.45, 7) is 2.09. The third kappa shape index (κ3) is 3.59. The van der Waals surface area contributed by atoms with Crippen LogP contribution in [0.15, 0.2) is 72.8 Å². The lowest BCUT2D eigenvalue weighted by atomic mass is 10.0. The van der Waals surface area contributed by atoms with Crippen molar-refractivity contribution in [2.75, 3.05) is 0 Å². The van der Waals surface area contributed by atoms with Gasteiger partial charge in [-0.1, -0.05) is 79.7 Å². The molecule has 0 aliphatic carbocycles. The van der Waals surface area contributed by atoms with E-state index >= 15 is 0 Å². The van der Waals surface area contributed by atoms with Gasteiger partial charge in [-0.3, -0.25) is 4.79 Å². The summed E-state index contributed by atoms with van der Waals surface area (Å²) in [6, 6.07) is 24.5. The van der Waals surface area contributed by atoms with Gasteiger partial charge in [0, 0.05) is 0 Å². The highest BCUT2D eigenvalue weighted by Gasteiger charge is 2.13. The summed E-state index contributed by atoms with van der Waals surface area (Å²) >= 11 is 0. The molecule has 0 saturated carbocycles. The Hall–Kier alpha value is -2.61. The minimum absolute atomic E-state index is 0.0667. The smallest absolute Gasteiger partial charge is 0.224 e. The van der Waals surface area contributed by atoms with E-state index < -0.39 is 0 Å². The van der Waals surface area contributed by atoms with Crippen LogP contribution in [0.2, 0.25) is 0 Å². The summed E-state index contributed by atoms with van der Waals surface area (Å²) in [6.07, 6.45) is 1.29. The normalized spacial score (nSPS) is 12.0. The van der Waals surface area contributed by atoms with Gasteiger partial charge in [0.1, 0.15) is 0 Å². The van der Waals surface area contributed by atoms with Crippen molar-refractivity contribution >= 4 is 16.7 Å². The van der Waals surface area contributed by atoms with Gasteiger partial charge in [0.25, 0.3) is 0 Å². The van der Waals surface area contributed by atoms with E-state index in [1.165, 1.54) is 5.39 Å². The third-order valence-corrected chi connectivity index (χ3v) is 4.18. The molecule has 2 heteroatoms. The van der Waals surface area contributed by atoms with Crippen LogP contribution in [0.3, 0.4) is 0 Å². The number of amides is 1. The summed E-state index contributed by atoms with van der Waals surface area (Å²) in [5.74, 6) is 0.0667. The van der Waals surface area contributed by atoms with E-state index in [0.717, 1.165) is 22.9 Å². The Labute approximate surface area is 137 Å². The van der Waals surface area contributed by atoms with Gasteiger partial charge < -0.3 is 5.32 Å². The predicted molar refractivity (Wildman–Crippen MR) is 95.3 cm³/mol. The lowest BCUT2D eigenvalue weighted by Crippen LogP contribution is -2.29. The number of rotatable bonds is 5. The Bertz CT molecular complexity index is 790. The van der Waals surface area contributed by atoms with E-state index in [1.807, 2.05) is 42.5 Å². The molecule has 3 aromatic carbocycles. The van der Waals surface area contributed by atoms with Crippen molar-refractivity contribution in [1.29, 1.82) is 0 Å². The van der Waals surface area contributed by atoms with Crippen LogP contribution in [0.5, 0.6) is 0 Å². The van der Waals surface area contributed by atoms with E-state index in [-0.39, 0.29) is 11.9 Å². The van der Waals surface area contributed by atoms with Crippen molar-refractivity contribution in [2.24, 2.45) is 0 Å². The molecule has 3 aromatic rings. The Kier molecular flexibility index (Phi) is 4.72. The number of hydrogen-bond donors (Lipinski definition) is 1. The van der Waals surface area contributed by atoms with Crippen molar-refractivity contribution in [1.82, 2.24) is 5.32 Å². The molecule has 0 spiro atoms. The molecule has 23 heavy (non-hydrogen) atoms. The maximum atomic E-state index is 12.5. The molecule has 0 aliphatic heterocycles. The molecule has 2 nitrogen and oxygen atoms in total. The fraction of sp³-hybridized carbons (Fsp3) is 0.190. The maximum absolute atomic E-state index is 12.5. The van der Waals surface area contributed by atoms with Gasteiger partial charge in [-0.05, 0) is 28.3 Å². The summed E-state index contributed by atoms with van der Waals surface area (Å²) in [5, 5.41) is 5.48. The average Bonchev–Trinajstić information content (AvgIpc) is 2.61. The fourth-order valence-electron chi connectivity index (χ4n) is 2.97. The van der Waals surface area contributed by atoms with Gasteiger partial charge in [-0.15, -0.1) is 0 Å². The number of carbonyl (C=O) groups excluding carboxylic acids is 1. The molecule has 0 bridgehead atoms. The van der Waals surface area contributed by atoms with Gasteiger partial charge in [0.2, 0.25) is 5.91 Å². The molecule has 1 N–H and O–H groups in total. The molecule has 1 atom stereocenters. The van der Waals surface area contributed by atoms with Crippen LogP contribution >= 0.6 is 0 Å². The highest BCUT2D eigenvalue weighted by molar-refractivity contribution is 5.90. The summed E-state index contributed by atoms with van der Waals surface area (Å²) in [5.41, 5.74) is 2.23. The number of fused-ring (bicyclic) bond motifs is 1. The Morgan fingerprint density at radius 3 is 2.39 bits per heavy atom. The molecule has 116 valence electrons. The second-order valence-corrected chi connectivity index (χ2v) is 5.75. The monoisotopic (exact) mass is 303 g/mol. The van der Waals surface area contributed by atoms with Crippen LogP contribution in [-0.2, 0) is 11.2 Å². The van der Waals surface area contributed by atoms with Gasteiger partial charge in [0.15, 0.2) is 0 Å². The first-order chi connectivity index (χ1) is 11.3. The van der Waals surface area contributed by atoms with Crippen LogP contribution in [-0.4, -0.2) is 5.91 Å². The molecule has 1 amide bonds. The van der Waals surface area contributed by atoms with Crippen molar-refractivity contribution in [3.05, 3.63) is 83.9 Å². The number of benzene rings is 3. The van der Waals surface area contributed by atoms with E-state index in [2.05, 4.69) is 42.6 Å². The SMILES string of the molecule is CCC(NC(=O)Cc1cccc2ccccc12)c1ccccc1. The molecule has 0 aliphatic rings. The molecule has 0 aromatic heterocycles. The zero-order valence-electron chi connectivity index (χ0n) is 13.3. The highest BCUT2D eigenvalue weighted by atomic mass is 16.1. The molecular weight excluding hydrogens is 282 g/mol. The second kappa shape index (κ2) is 7.10. The van der Waals surface area contributed by atoms with E-state index in [1.54, 1.807) is 0 Å². The van der Waals surface area contributed by atoms with E-state index in [9.17, 15) is 4.79 Å². The summed E-state index contributed by atoms with van der Waals surface area (Å²) in [7, 11) is 0. The minimum Gasteiger partial charge on any atom is -0.349 e. The van der Waals surface area contributed by atoms with Gasteiger partial charge >= 0.3 is 0 Å². The van der Waals surface area contributed by atoms with E-state index in [0.29, 0.717) is 6.42 Å². The number of carbonyl (C=O) groups is 1. The fourth-order valence-corrected chi connectivity index (χ4v) is 2.97. The largest absolute Gasteiger partial charge is 0.349 e. The van der Waals surface area contributed by atoms with Crippen LogP contribution in [0, 0.1) is 0 Å². The maximum Gasteiger partial charge on any atom is 0.224 e. The van der Waals surface area contributed by atoms with Crippen LogP contribution in [0.4, 0.5) is 0 Å². The van der Waals surface area contributed by atoms with Crippen molar-refractivity contribution < 1.29 is 4.79 Å². The quantitative estimate of drug-likeness (QED) is 0.730. The molecule has 0 heterocycles. The second-order valence-electron chi connectivity index (χ2n) is 5.75. The molecule has 0 fully saturated rings. The lowest BCUT2D eigenvalue weighted by Gasteiger charge is -2.18. The van der Waals surface area contributed by atoms with Gasteiger partial charge in [-0.2, -0.15) is 0 Å². The first-order valence-electron chi connectivity index (χ1n) is 8.09. The molecule has 1 unspecified atom stereocenters. The number of hydrogen-bond acceptors (Lipinski definition) is 1. The Morgan fingerprint density at radius 1 is 0.913 bits per heavy atom. The number of nitrogens with one attached hydrogen (secondary N) is 1. The summed E-state index contributed by atoms with van der Waals surface area (Å²) in [4.78, 5) is 12.5. The first kappa shape index (κ1) is 15.3. The third-order valence-electron chi connectivity index (χ3n) is 4.18. The van der Waals surface area contributed by atoms with E-state index in [4.69, 9.17) is 0 Å². The van der Waals surface area contributed by atoms with Crippen LogP contribution in [0.1, 0.15) is 30.5 Å². The zero-order chi connectivity index (χ0) is 16.1. The van der Waals surface area contributed by atoms with Crippen LogP contribution in [0.25, 0.3) is 10.8 Å². The highest BCUT2D eigenvalue weighted by Crippen LogP contribution is 2.20. The predicted octanol–water partition coefficient (Wildman–Crippen LogP) is 4.65. The summed E-state index contributed by atoms with van der Waals surface area (Å²) < 4.78 is 0. The molecule has 3 rings (SSSR count). The molecule has 0 saturated heterocycles. The van der Waals surface area contributed by atoms with Crippen LogP contribution < -0.4 is 5.32 Å². The average molecular weight is 303 g/mol. The van der Waals surface area contributed by atoms with Crippen molar-refractivity contribution in [2.45, 2.75) is 25.8 Å². The lowest BCUT2D eigenvalue weighted by molar-refractivity contribution is -0.121. The first-order valence-corrected chi connectivity index (χ1v) is 8.09. The Morgan fingerprint density at radius 2 is 1.61 bits per heavy atom. The van der Waals surface area contributed by atoms with Gasteiger partial charge in [-0.25, -0.2) is 0 Å². The topological polar surface area (TPSA) is 29.1 Å². The van der Waals surface area contributed by atoms with Gasteiger partial charge in [0.05, 0.1) is 12.5 Å². The standard InChI is InChI=1S/C21H21NO/c1-2-20(17-10-4-3-5-11-17)22-21(23)15-18-13-8-12-16-9-6-7-14-19(16)18/h3-14,20H,2,15H2,1H3,(H,22,23). The zero-order valence-corrected chi connectivity index (χ0v) is 13.3. The van der Waals surface area contributed by atoms with Crippen molar-refractivity contribution in [3.63, 3.8) is 0 Å². The minimum atomic E-state index is 0.0667. The molecular formula is C21H21NO. The molecule has 0 radical (unpaired) electrons. The Balaban J connectivity index is 1.76.